The number of hydrogen-bond donors (Lipinski definition) is 0. The third-order valence-electron chi connectivity index (χ3n) is 2.35. The number of ether oxygens (including phenoxy) is 1. The molecule has 1 rings (SSSR count). The van der Waals surface area contributed by atoms with Gasteiger partial charge in [-0.15, -0.1) is 11.3 Å². The van der Waals surface area contributed by atoms with Crippen molar-refractivity contribution < 1.29 is 26.7 Å². The fourth-order valence-corrected chi connectivity index (χ4v) is 4.23. The lowest BCUT2D eigenvalue weighted by Crippen LogP contribution is -2.32. The largest absolute Gasteiger partial charge is 0.465 e. The van der Waals surface area contributed by atoms with Gasteiger partial charge in [-0.05, 0) is 17.9 Å². The first-order valence-electron chi connectivity index (χ1n) is 5.12. The van der Waals surface area contributed by atoms with Gasteiger partial charge in [-0.25, -0.2) is 22.0 Å². The van der Waals surface area contributed by atoms with Crippen LogP contribution in [0.25, 0.3) is 0 Å². The van der Waals surface area contributed by atoms with E-state index < -0.39 is 29.0 Å². The van der Waals surface area contributed by atoms with Gasteiger partial charge >= 0.3 is 5.97 Å². The molecule has 9 heteroatoms. The molecule has 0 aliphatic rings. The maximum absolute atomic E-state index is 12.3. The molecule has 0 radical (unpaired) electrons. The molecule has 0 unspecified atom stereocenters. The van der Waals surface area contributed by atoms with E-state index in [2.05, 4.69) is 4.74 Å². The minimum Gasteiger partial charge on any atom is -0.465 e. The number of nitrogens with zero attached hydrogens (tertiary/aromatic N) is 1. The molecule has 19 heavy (non-hydrogen) atoms. The van der Waals surface area contributed by atoms with Crippen LogP contribution in [-0.2, 0) is 14.8 Å². The predicted molar refractivity (Wildman–Crippen MR) is 66.2 cm³/mol. The van der Waals surface area contributed by atoms with E-state index in [1.165, 1.54) is 12.3 Å². The van der Waals surface area contributed by atoms with Crippen molar-refractivity contribution in [2.45, 2.75) is 18.2 Å². The summed E-state index contributed by atoms with van der Waals surface area (Å²) >= 11 is 0.904. The molecule has 0 atom stereocenters. The summed E-state index contributed by atoms with van der Waals surface area (Å²) in [6, 6.07) is 0. The Morgan fingerprint density at radius 3 is 2.58 bits per heavy atom. The Kier molecular flexibility index (Phi) is 4.99. The number of alkyl halides is 2. The number of esters is 1. The van der Waals surface area contributed by atoms with Crippen molar-refractivity contribution in [1.82, 2.24) is 4.31 Å². The number of thiophene rings is 1. The summed E-state index contributed by atoms with van der Waals surface area (Å²) in [5, 5.41) is 1.47. The molecule has 0 bridgehead atoms. The van der Waals surface area contributed by atoms with E-state index in [0.717, 1.165) is 25.5 Å². The molecule has 0 aromatic carbocycles. The molecule has 0 aliphatic heterocycles. The van der Waals surface area contributed by atoms with Gasteiger partial charge in [0.05, 0.1) is 13.7 Å². The Morgan fingerprint density at radius 1 is 1.53 bits per heavy atom. The van der Waals surface area contributed by atoms with Gasteiger partial charge < -0.3 is 4.74 Å². The SMILES string of the molecule is COC(=O)c1scc(C)c1S(=O)(=O)N(C)CC(F)F. The highest BCUT2D eigenvalue weighted by Crippen LogP contribution is 2.29. The second kappa shape index (κ2) is 5.93. The van der Waals surface area contributed by atoms with E-state index in [-0.39, 0.29) is 9.77 Å². The lowest BCUT2D eigenvalue weighted by Gasteiger charge is -2.17. The Labute approximate surface area is 113 Å². The monoisotopic (exact) mass is 313 g/mol. The minimum atomic E-state index is -4.14. The number of carbonyl (C=O) groups is 1. The summed E-state index contributed by atoms with van der Waals surface area (Å²) in [5.41, 5.74) is 0.325. The molecule has 1 aromatic rings. The van der Waals surface area contributed by atoms with Crippen molar-refractivity contribution in [1.29, 1.82) is 0 Å². The quantitative estimate of drug-likeness (QED) is 0.777. The second-order valence-electron chi connectivity index (χ2n) is 3.75. The molecule has 0 saturated heterocycles. The van der Waals surface area contributed by atoms with Gasteiger partial charge in [0.2, 0.25) is 10.0 Å². The van der Waals surface area contributed by atoms with Gasteiger partial charge in [-0.1, -0.05) is 0 Å². The Morgan fingerprint density at radius 2 is 2.11 bits per heavy atom. The fraction of sp³-hybridized carbons (Fsp3) is 0.500. The zero-order valence-corrected chi connectivity index (χ0v) is 12.1. The summed E-state index contributed by atoms with van der Waals surface area (Å²) in [6.07, 6.45) is -2.79. The van der Waals surface area contributed by atoms with Crippen molar-refractivity contribution in [2.75, 3.05) is 20.7 Å². The Balaban J connectivity index is 3.29. The number of hydrogen-bond acceptors (Lipinski definition) is 5. The molecule has 0 fully saturated rings. The van der Waals surface area contributed by atoms with E-state index in [1.54, 1.807) is 0 Å². The van der Waals surface area contributed by atoms with Crippen molar-refractivity contribution in [3.63, 3.8) is 0 Å². The van der Waals surface area contributed by atoms with Crippen LogP contribution in [0.5, 0.6) is 0 Å². The number of halogens is 2. The zero-order valence-electron chi connectivity index (χ0n) is 10.5. The molecule has 1 heterocycles. The van der Waals surface area contributed by atoms with Crippen LogP contribution in [0.3, 0.4) is 0 Å². The summed E-state index contributed by atoms with van der Waals surface area (Å²) in [7, 11) is -1.98. The van der Waals surface area contributed by atoms with E-state index in [1.807, 2.05) is 0 Å². The smallest absolute Gasteiger partial charge is 0.349 e. The van der Waals surface area contributed by atoms with Gasteiger partial charge in [0.15, 0.2) is 0 Å². The first kappa shape index (κ1) is 16.0. The van der Waals surface area contributed by atoms with Crippen LogP contribution in [0.2, 0.25) is 0 Å². The third kappa shape index (κ3) is 3.28. The minimum absolute atomic E-state index is 0.110. The molecule has 0 saturated carbocycles. The standard InChI is InChI=1S/C10H13F2NO4S2/c1-6-5-18-8(10(14)17-3)9(6)19(15,16)13(2)4-7(11)12/h5,7H,4H2,1-3H3. The highest BCUT2D eigenvalue weighted by atomic mass is 32.2. The molecule has 5 nitrogen and oxygen atoms in total. The maximum atomic E-state index is 12.3. The first-order chi connectivity index (χ1) is 8.71. The van der Waals surface area contributed by atoms with Crippen LogP contribution >= 0.6 is 11.3 Å². The predicted octanol–water partition coefficient (Wildman–Crippen LogP) is 1.73. The average Bonchev–Trinajstić information content (AvgIpc) is 2.69. The van der Waals surface area contributed by atoms with Gasteiger partial charge in [0.25, 0.3) is 6.43 Å². The second-order valence-corrected chi connectivity index (χ2v) is 6.61. The van der Waals surface area contributed by atoms with Crippen molar-refractivity contribution in [3.05, 3.63) is 15.8 Å². The number of methoxy groups -OCH3 is 1. The van der Waals surface area contributed by atoms with Crippen LogP contribution in [0.15, 0.2) is 10.3 Å². The van der Waals surface area contributed by atoms with Crippen molar-refractivity contribution in [2.24, 2.45) is 0 Å². The van der Waals surface area contributed by atoms with Crippen LogP contribution in [0, 0.1) is 6.92 Å². The van der Waals surface area contributed by atoms with Crippen LogP contribution in [-0.4, -0.2) is 45.8 Å². The van der Waals surface area contributed by atoms with Crippen molar-refractivity contribution >= 4 is 27.3 Å². The summed E-state index contributed by atoms with van der Waals surface area (Å²) in [5.74, 6) is -0.804. The fourth-order valence-electron chi connectivity index (χ4n) is 1.44. The molecule has 0 spiro atoms. The highest BCUT2D eigenvalue weighted by molar-refractivity contribution is 7.89. The first-order valence-corrected chi connectivity index (χ1v) is 7.44. The molecule has 0 N–H and O–H groups in total. The van der Waals surface area contributed by atoms with Crippen molar-refractivity contribution in [3.8, 4) is 0 Å². The average molecular weight is 313 g/mol. The Bertz CT molecular complexity index is 568. The lowest BCUT2D eigenvalue weighted by molar-refractivity contribution is 0.0602. The molecule has 1 aromatic heterocycles. The maximum Gasteiger partial charge on any atom is 0.349 e. The van der Waals surface area contributed by atoms with E-state index in [9.17, 15) is 22.0 Å². The molecular weight excluding hydrogens is 300 g/mol. The topological polar surface area (TPSA) is 63.7 Å². The molecule has 0 amide bonds. The molecule has 0 aliphatic carbocycles. The number of rotatable bonds is 5. The normalized spacial score (nSPS) is 12.2. The van der Waals surface area contributed by atoms with Gasteiger partial charge in [-0.2, -0.15) is 4.31 Å². The summed E-state index contributed by atoms with van der Waals surface area (Å²) in [4.78, 5) is 11.1. The lowest BCUT2D eigenvalue weighted by atomic mass is 10.3. The number of sulfonamides is 1. The van der Waals surface area contributed by atoms with E-state index in [0.29, 0.717) is 9.87 Å². The number of carbonyl (C=O) groups excluding carboxylic acids is 1. The number of aryl methyl sites for hydroxylation is 1. The Hall–Kier alpha value is -1.06. The third-order valence-corrected chi connectivity index (χ3v) is 5.57. The van der Waals surface area contributed by atoms with Crippen LogP contribution in [0.1, 0.15) is 15.2 Å². The molecular formula is C10H13F2NO4S2. The highest BCUT2D eigenvalue weighted by Gasteiger charge is 2.31. The van der Waals surface area contributed by atoms with E-state index in [4.69, 9.17) is 0 Å². The summed E-state index contributed by atoms with van der Waals surface area (Å²) in [6.45, 7) is 0.560. The van der Waals surface area contributed by atoms with Gasteiger partial charge in [-0.3, -0.25) is 0 Å². The van der Waals surface area contributed by atoms with Gasteiger partial charge in [0.1, 0.15) is 9.77 Å². The summed E-state index contributed by atoms with van der Waals surface area (Å²) < 4.78 is 54.0. The van der Waals surface area contributed by atoms with Crippen LogP contribution in [0.4, 0.5) is 8.78 Å². The van der Waals surface area contributed by atoms with E-state index >= 15 is 0 Å². The van der Waals surface area contributed by atoms with Gasteiger partial charge in [0, 0.05) is 7.05 Å². The molecule has 108 valence electrons. The van der Waals surface area contributed by atoms with Crippen LogP contribution < -0.4 is 0 Å². The zero-order chi connectivity index (χ0) is 14.8.